The average molecular weight is 343 g/mol. The van der Waals surface area contributed by atoms with E-state index in [0.29, 0.717) is 35.6 Å². The van der Waals surface area contributed by atoms with Crippen molar-refractivity contribution in [3.05, 3.63) is 23.2 Å². The molecular formula is C15H19ClN2O5. The molecule has 2 amide bonds. The number of nitrogens with one attached hydrogen (secondary N) is 2. The number of hydrogen-bond donors (Lipinski definition) is 3. The summed E-state index contributed by atoms with van der Waals surface area (Å²) in [5, 5.41) is 14.1. The largest absolute Gasteiger partial charge is 0.491 e. The highest BCUT2D eigenvalue weighted by Crippen LogP contribution is 2.29. The number of hydrogen-bond acceptors (Lipinski definition) is 4. The van der Waals surface area contributed by atoms with Crippen LogP contribution in [0.3, 0.4) is 0 Å². The molecule has 23 heavy (non-hydrogen) atoms. The van der Waals surface area contributed by atoms with E-state index in [1.165, 1.54) is 0 Å². The zero-order valence-electron chi connectivity index (χ0n) is 12.5. The van der Waals surface area contributed by atoms with Gasteiger partial charge in [0.25, 0.3) is 0 Å². The van der Waals surface area contributed by atoms with Crippen LogP contribution in [0.25, 0.3) is 0 Å². The maximum absolute atomic E-state index is 11.8. The van der Waals surface area contributed by atoms with E-state index < -0.39 is 12.0 Å². The second-order valence-electron chi connectivity index (χ2n) is 5.21. The second-order valence-corrected chi connectivity index (χ2v) is 5.64. The van der Waals surface area contributed by atoms with Crippen LogP contribution < -0.4 is 15.4 Å². The topological polar surface area (TPSA) is 96.9 Å². The van der Waals surface area contributed by atoms with Crippen LogP contribution in [0.5, 0.6) is 5.75 Å². The highest BCUT2D eigenvalue weighted by molar-refractivity contribution is 6.31. The third-order valence-corrected chi connectivity index (χ3v) is 3.55. The number of benzene rings is 1. The lowest BCUT2D eigenvalue weighted by Gasteiger charge is -2.15. The van der Waals surface area contributed by atoms with E-state index in [0.717, 1.165) is 13.0 Å². The van der Waals surface area contributed by atoms with Gasteiger partial charge in [0.2, 0.25) is 0 Å². The van der Waals surface area contributed by atoms with Crippen molar-refractivity contribution in [1.29, 1.82) is 0 Å². The van der Waals surface area contributed by atoms with E-state index in [2.05, 4.69) is 10.6 Å². The number of amides is 2. The molecule has 1 aromatic rings. The molecule has 0 radical (unpaired) electrons. The number of rotatable bonds is 7. The van der Waals surface area contributed by atoms with Gasteiger partial charge in [0.1, 0.15) is 5.75 Å². The zero-order chi connectivity index (χ0) is 16.7. The Balaban J connectivity index is 1.91. The Kier molecular flexibility index (Phi) is 6.49. The summed E-state index contributed by atoms with van der Waals surface area (Å²) in [6, 6.07) is 4.43. The Morgan fingerprint density at radius 3 is 2.96 bits per heavy atom. The van der Waals surface area contributed by atoms with Gasteiger partial charge in [0.15, 0.2) is 0 Å². The molecular weight excluding hydrogens is 324 g/mol. The molecule has 1 saturated heterocycles. The number of ether oxygens (including phenoxy) is 2. The van der Waals surface area contributed by atoms with Crippen LogP contribution >= 0.6 is 11.6 Å². The van der Waals surface area contributed by atoms with Gasteiger partial charge in [0, 0.05) is 24.1 Å². The molecule has 0 saturated carbocycles. The number of aliphatic carboxylic acids is 1. The SMILES string of the molecule is O=C(O)CCNC(=O)Nc1cc(Cl)ccc1OCC1CCOC1. The number of halogens is 1. The van der Waals surface area contributed by atoms with Crippen LogP contribution in [-0.2, 0) is 9.53 Å². The van der Waals surface area contributed by atoms with Crippen LogP contribution in [-0.4, -0.2) is 43.5 Å². The van der Waals surface area contributed by atoms with Gasteiger partial charge in [-0.1, -0.05) is 11.6 Å². The molecule has 0 bridgehead atoms. The number of anilines is 1. The summed E-state index contributed by atoms with van der Waals surface area (Å²) in [4.78, 5) is 22.2. The van der Waals surface area contributed by atoms with Crippen molar-refractivity contribution in [1.82, 2.24) is 5.32 Å². The first-order valence-electron chi connectivity index (χ1n) is 7.31. The van der Waals surface area contributed by atoms with Crippen molar-refractivity contribution in [2.45, 2.75) is 12.8 Å². The minimum Gasteiger partial charge on any atom is -0.491 e. The first-order valence-corrected chi connectivity index (χ1v) is 7.69. The Bertz CT molecular complexity index is 561. The third kappa shape index (κ3) is 5.96. The Morgan fingerprint density at radius 2 is 2.26 bits per heavy atom. The summed E-state index contributed by atoms with van der Waals surface area (Å²) >= 11 is 5.95. The molecule has 1 atom stereocenters. The number of carboxylic acid groups (broad SMARTS) is 1. The summed E-state index contributed by atoms with van der Waals surface area (Å²) in [6.45, 7) is 1.95. The quantitative estimate of drug-likeness (QED) is 0.706. The molecule has 2 rings (SSSR count). The predicted molar refractivity (Wildman–Crippen MR) is 85.1 cm³/mol. The van der Waals surface area contributed by atoms with Gasteiger partial charge in [-0.15, -0.1) is 0 Å². The lowest BCUT2D eigenvalue weighted by molar-refractivity contribution is -0.136. The fourth-order valence-electron chi connectivity index (χ4n) is 2.10. The van der Waals surface area contributed by atoms with E-state index in [4.69, 9.17) is 26.2 Å². The Hall–Kier alpha value is -1.99. The maximum atomic E-state index is 11.8. The molecule has 0 aromatic heterocycles. The van der Waals surface area contributed by atoms with Gasteiger partial charge < -0.3 is 25.2 Å². The molecule has 3 N–H and O–H groups in total. The van der Waals surface area contributed by atoms with E-state index in [1.807, 2.05) is 0 Å². The van der Waals surface area contributed by atoms with Gasteiger partial charge in [-0.2, -0.15) is 0 Å². The molecule has 0 spiro atoms. The molecule has 1 heterocycles. The monoisotopic (exact) mass is 342 g/mol. The van der Waals surface area contributed by atoms with E-state index in [9.17, 15) is 9.59 Å². The molecule has 126 valence electrons. The van der Waals surface area contributed by atoms with Gasteiger partial charge in [-0.25, -0.2) is 4.79 Å². The molecule has 1 aliphatic heterocycles. The van der Waals surface area contributed by atoms with E-state index >= 15 is 0 Å². The number of carbonyl (C=O) groups is 2. The smallest absolute Gasteiger partial charge is 0.319 e. The molecule has 1 unspecified atom stereocenters. The summed E-state index contributed by atoms with van der Waals surface area (Å²) in [7, 11) is 0. The normalized spacial score (nSPS) is 16.8. The standard InChI is InChI=1S/C15H19ClN2O5/c16-11-1-2-13(23-9-10-4-6-22-8-10)12(7-11)18-15(21)17-5-3-14(19)20/h1-2,7,10H,3-6,8-9H2,(H,19,20)(H2,17,18,21). The summed E-state index contributed by atoms with van der Waals surface area (Å²) < 4.78 is 11.0. The van der Waals surface area contributed by atoms with Gasteiger partial charge in [-0.3, -0.25) is 4.79 Å². The van der Waals surface area contributed by atoms with Crippen molar-refractivity contribution in [3.8, 4) is 5.75 Å². The molecule has 1 aromatic carbocycles. The van der Waals surface area contributed by atoms with Crippen LogP contribution in [0.15, 0.2) is 18.2 Å². The molecule has 1 aliphatic rings. The van der Waals surface area contributed by atoms with Crippen molar-refractivity contribution < 1.29 is 24.2 Å². The van der Waals surface area contributed by atoms with Crippen LogP contribution in [0.2, 0.25) is 5.02 Å². The molecule has 1 fully saturated rings. The average Bonchev–Trinajstić information content (AvgIpc) is 2.99. The zero-order valence-corrected chi connectivity index (χ0v) is 13.3. The highest BCUT2D eigenvalue weighted by atomic mass is 35.5. The van der Waals surface area contributed by atoms with Crippen molar-refractivity contribution in [3.63, 3.8) is 0 Å². The van der Waals surface area contributed by atoms with Crippen LogP contribution in [0, 0.1) is 5.92 Å². The van der Waals surface area contributed by atoms with E-state index in [1.54, 1.807) is 18.2 Å². The second kappa shape index (κ2) is 8.59. The first-order chi connectivity index (χ1) is 11.0. The van der Waals surface area contributed by atoms with Crippen molar-refractivity contribution >= 4 is 29.3 Å². The first kappa shape index (κ1) is 17.4. The van der Waals surface area contributed by atoms with Crippen molar-refractivity contribution in [2.75, 3.05) is 31.7 Å². The number of carboxylic acids is 1. The van der Waals surface area contributed by atoms with Crippen LogP contribution in [0.4, 0.5) is 10.5 Å². The number of urea groups is 1. The Labute approximate surface area is 138 Å². The maximum Gasteiger partial charge on any atom is 0.319 e. The lowest BCUT2D eigenvalue weighted by atomic mass is 10.1. The van der Waals surface area contributed by atoms with Gasteiger partial charge in [0.05, 0.1) is 25.3 Å². The summed E-state index contributed by atoms with van der Waals surface area (Å²) in [5.41, 5.74) is 0.434. The fraction of sp³-hybridized carbons (Fsp3) is 0.467. The molecule has 0 aliphatic carbocycles. The predicted octanol–water partition coefficient (Wildman–Crippen LogP) is 2.35. The summed E-state index contributed by atoms with van der Waals surface area (Å²) in [6.07, 6.45) is 0.806. The Morgan fingerprint density at radius 1 is 1.43 bits per heavy atom. The summed E-state index contributed by atoms with van der Waals surface area (Å²) in [5.74, 6) is -0.131. The lowest BCUT2D eigenvalue weighted by Crippen LogP contribution is -2.30. The fourth-order valence-corrected chi connectivity index (χ4v) is 2.27. The van der Waals surface area contributed by atoms with E-state index in [-0.39, 0.29) is 13.0 Å². The van der Waals surface area contributed by atoms with Gasteiger partial charge in [-0.05, 0) is 24.6 Å². The minimum absolute atomic E-state index is 0.0390. The van der Waals surface area contributed by atoms with Crippen molar-refractivity contribution in [2.24, 2.45) is 5.92 Å². The van der Waals surface area contributed by atoms with Crippen LogP contribution in [0.1, 0.15) is 12.8 Å². The van der Waals surface area contributed by atoms with Gasteiger partial charge >= 0.3 is 12.0 Å². The molecule has 7 nitrogen and oxygen atoms in total. The minimum atomic E-state index is -0.976. The number of carbonyl (C=O) groups excluding carboxylic acids is 1. The molecule has 8 heteroatoms. The highest BCUT2D eigenvalue weighted by Gasteiger charge is 2.17. The third-order valence-electron chi connectivity index (χ3n) is 3.31.